The summed E-state index contributed by atoms with van der Waals surface area (Å²) in [6.45, 7) is -1.36. The zero-order valence-electron chi connectivity index (χ0n) is 9.38. The molecule has 20 heavy (non-hydrogen) atoms. The topological polar surface area (TPSA) is 49.3 Å². The van der Waals surface area contributed by atoms with Gasteiger partial charge in [-0.15, -0.1) is 0 Å². The normalized spacial score (nSPS) is 14.3. The van der Waals surface area contributed by atoms with Crippen molar-refractivity contribution in [3.63, 3.8) is 0 Å². The SMILES string of the molecule is O=C(NCCCO)C(F)(F)C(F)(F)C(F)(F)C(F)(F)Cl. The van der Waals surface area contributed by atoms with Crippen LogP contribution in [0.15, 0.2) is 0 Å². The van der Waals surface area contributed by atoms with E-state index >= 15 is 0 Å². The van der Waals surface area contributed by atoms with Crippen LogP contribution >= 0.6 is 11.6 Å². The monoisotopic (exact) mass is 337 g/mol. The molecule has 0 unspecified atom stereocenters. The van der Waals surface area contributed by atoms with Gasteiger partial charge in [0.25, 0.3) is 5.91 Å². The van der Waals surface area contributed by atoms with E-state index < -0.39 is 42.2 Å². The van der Waals surface area contributed by atoms with E-state index in [-0.39, 0.29) is 6.42 Å². The van der Waals surface area contributed by atoms with Crippen molar-refractivity contribution in [1.82, 2.24) is 5.32 Å². The second-order valence-corrected chi connectivity index (χ2v) is 4.03. The van der Waals surface area contributed by atoms with E-state index in [2.05, 4.69) is 11.6 Å². The molecule has 0 atom stereocenters. The fraction of sp³-hybridized carbons (Fsp3) is 0.875. The Bertz CT molecular complexity index is 357. The Morgan fingerprint density at radius 3 is 1.80 bits per heavy atom. The lowest BCUT2D eigenvalue weighted by Crippen LogP contribution is -2.65. The van der Waals surface area contributed by atoms with Gasteiger partial charge in [0.2, 0.25) is 0 Å². The number of aliphatic hydroxyl groups excluding tert-OH is 1. The highest BCUT2D eigenvalue weighted by Crippen LogP contribution is 2.53. The molecule has 12 heteroatoms. The number of hydrogen-bond donors (Lipinski definition) is 2. The molecule has 0 saturated carbocycles. The number of carbonyl (C=O) groups excluding carboxylic acids is 1. The summed E-state index contributed by atoms with van der Waals surface area (Å²) in [7, 11) is 0. The van der Waals surface area contributed by atoms with Crippen molar-refractivity contribution in [2.24, 2.45) is 0 Å². The lowest BCUT2D eigenvalue weighted by Gasteiger charge is -2.33. The fourth-order valence-electron chi connectivity index (χ4n) is 0.910. The van der Waals surface area contributed by atoms with Crippen LogP contribution in [0.3, 0.4) is 0 Å². The Labute approximate surface area is 111 Å². The minimum Gasteiger partial charge on any atom is -0.396 e. The third kappa shape index (κ3) is 3.25. The lowest BCUT2D eigenvalue weighted by molar-refractivity contribution is -0.337. The molecular formula is C8H8ClF8NO2. The third-order valence-electron chi connectivity index (χ3n) is 2.05. The van der Waals surface area contributed by atoms with Gasteiger partial charge in [-0.1, -0.05) is 0 Å². The Hall–Kier alpha value is -0.840. The molecule has 0 aliphatic carbocycles. The molecular weight excluding hydrogens is 330 g/mol. The summed E-state index contributed by atoms with van der Waals surface area (Å²) in [5, 5.41) is 3.36. The van der Waals surface area contributed by atoms with Crippen LogP contribution in [0.1, 0.15) is 6.42 Å². The third-order valence-corrected chi connectivity index (χ3v) is 2.29. The molecule has 0 fully saturated rings. The molecule has 0 aliphatic rings. The maximum atomic E-state index is 13.0. The molecule has 0 radical (unpaired) electrons. The van der Waals surface area contributed by atoms with Crippen LogP contribution in [-0.2, 0) is 4.79 Å². The van der Waals surface area contributed by atoms with Crippen molar-refractivity contribution in [2.45, 2.75) is 29.6 Å². The van der Waals surface area contributed by atoms with E-state index in [1.807, 2.05) is 0 Å². The number of amides is 1. The van der Waals surface area contributed by atoms with Gasteiger partial charge in [0.1, 0.15) is 0 Å². The fourth-order valence-corrected chi connectivity index (χ4v) is 1.03. The second-order valence-electron chi connectivity index (χ2n) is 3.55. The highest BCUT2D eigenvalue weighted by Gasteiger charge is 2.82. The van der Waals surface area contributed by atoms with E-state index in [0.29, 0.717) is 0 Å². The molecule has 1 amide bonds. The molecule has 120 valence electrons. The molecule has 0 aromatic rings. The smallest absolute Gasteiger partial charge is 0.393 e. The van der Waals surface area contributed by atoms with Crippen LogP contribution < -0.4 is 5.32 Å². The summed E-state index contributed by atoms with van der Waals surface area (Å²) >= 11 is 3.69. The van der Waals surface area contributed by atoms with Crippen molar-refractivity contribution in [2.75, 3.05) is 13.2 Å². The van der Waals surface area contributed by atoms with Gasteiger partial charge in [0.05, 0.1) is 0 Å². The maximum absolute atomic E-state index is 13.0. The number of carbonyl (C=O) groups is 1. The Morgan fingerprint density at radius 1 is 1.00 bits per heavy atom. The number of alkyl halides is 9. The standard InChI is InChI=1S/C8H8ClF8NO2/c9-8(16,17)7(14,15)6(12,13)5(10,11)4(20)18-2-1-3-19/h19H,1-3H2,(H,18,20). The van der Waals surface area contributed by atoms with Crippen LogP contribution in [0, 0.1) is 0 Å². The van der Waals surface area contributed by atoms with E-state index in [4.69, 9.17) is 5.11 Å². The number of hydrogen-bond acceptors (Lipinski definition) is 2. The van der Waals surface area contributed by atoms with Gasteiger partial charge in [-0.2, -0.15) is 35.1 Å². The largest absolute Gasteiger partial charge is 0.396 e. The summed E-state index contributed by atoms with van der Waals surface area (Å²) in [4.78, 5) is 10.7. The summed E-state index contributed by atoms with van der Waals surface area (Å²) in [5.41, 5.74) is 0. The van der Waals surface area contributed by atoms with Crippen LogP contribution in [-0.4, -0.2) is 47.3 Å². The van der Waals surface area contributed by atoms with Crippen LogP contribution in [0.4, 0.5) is 35.1 Å². The predicted octanol–water partition coefficient (Wildman–Crippen LogP) is 2.22. The van der Waals surface area contributed by atoms with Gasteiger partial charge in [-0.3, -0.25) is 4.79 Å². The van der Waals surface area contributed by atoms with Crippen molar-refractivity contribution in [3.8, 4) is 0 Å². The van der Waals surface area contributed by atoms with Gasteiger partial charge in [-0.05, 0) is 18.0 Å². The molecule has 0 spiro atoms. The summed E-state index contributed by atoms with van der Waals surface area (Å²) < 4.78 is 101. The lowest BCUT2D eigenvalue weighted by atomic mass is 10.0. The Morgan fingerprint density at radius 2 is 1.45 bits per heavy atom. The predicted molar refractivity (Wildman–Crippen MR) is 50.4 cm³/mol. The molecule has 0 bridgehead atoms. The first-order chi connectivity index (χ1) is 8.73. The molecule has 0 aliphatic heterocycles. The van der Waals surface area contributed by atoms with Gasteiger partial charge in [-0.25, -0.2) is 0 Å². The molecule has 0 aromatic heterocycles. The molecule has 0 rings (SSSR count). The van der Waals surface area contributed by atoms with Crippen molar-refractivity contribution < 1.29 is 45.0 Å². The van der Waals surface area contributed by atoms with Gasteiger partial charge in [0.15, 0.2) is 0 Å². The molecule has 2 N–H and O–H groups in total. The second kappa shape index (κ2) is 5.88. The minimum absolute atomic E-state index is 0.338. The van der Waals surface area contributed by atoms with Crippen molar-refractivity contribution >= 4 is 17.5 Å². The Kier molecular flexibility index (Phi) is 5.63. The number of halogens is 9. The van der Waals surface area contributed by atoms with E-state index in [9.17, 15) is 39.9 Å². The maximum Gasteiger partial charge on any atom is 0.393 e. The van der Waals surface area contributed by atoms with Gasteiger partial charge < -0.3 is 10.4 Å². The van der Waals surface area contributed by atoms with E-state index in [1.54, 1.807) is 0 Å². The molecule has 3 nitrogen and oxygen atoms in total. The average molecular weight is 338 g/mol. The van der Waals surface area contributed by atoms with Crippen LogP contribution in [0.2, 0.25) is 0 Å². The highest BCUT2D eigenvalue weighted by molar-refractivity contribution is 6.22. The van der Waals surface area contributed by atoms with Gasteiger partial charge >= 0.3 is 23.1 Å². The summed E-state index contributed by atoms with van der Waals surface area (Å²) in [6.07, 6.45) is -0.338. The zero-order chi connectivity index (χ0) is 16.4. The van der Waals surface area contributed by atoms with Crippen LogP contribution in [0.5, 0.6) is 0 Å². The van der Waals surface area contributed by atoms with E-state index in [1.165, 1.54) is 0 Å². The average Bonchev–Trinajstić information content (AvgIpc) is 2.27. The number of aliphatic hydroxyl groups is 1. The molecule has 0 saturated heterocycles. The van der Waals surface area contributed by atoms with Crippen molar-refractivity contribution in [1.29, 1.82) is 0 Å². The summed E-state index contributed by atoms with van der Waals surface area (Å²) in [5.74, 6) is -22.4. The Balaban J connectivity index is 5.30. The highest BCUT2D eigenvalue weighted by atomic mass is 35.5. The van der Waals surface area contributed by atoms with E-state index in [0.717, 1.165) is 5.32 Å². The van der Waals surface area contributed by atoms with Crippen molar-refractivity contribution in [3.05, 3.63) is 0 Å². The van der Waals surface area contributed by atoms with Gasteiger partial charge in [0, 0.05) is 13.2 Å². The molecule has 0 heterocycles. The first kappa shape index (κ1) is 19.2. The number of rotatable bonds is 7. The number of nitrogens with one attached hydrogen (secondary N) is 1. The first-order valence-corrected chi connectivity index (χ1v) is 5.20. The quantitative estimate of drug-likeness (QED) is 0.425. The summed E-state index contributed by atoms with van der Waals surface area (Å²) in [6, 6.07) is 0. The van der Waals surface area contributed by atoms with Crippen LogP contribution in [0.25, 0.3) is 0 Å². The molecule has 0 aromatic carbocycles. The zero-order valence-corrected chi connectivity index (χ0v) is 10.1. The first-order valence-electron chi connectivity index (χ1n) is 4.82. The minimum atomic E-state index is -6.73.